The monoisotopic (exact) mass is 499 g/mol. The summed E-state index contributed by atoms with van der Waals surface area (Å²) in [5, 5.41) is 16.3. The van der Waals surface area contributed by atoms with Gasteiger partial charge < -0.3 is 25.2 Å². The highest BCUT2D eigenvalue weighted by Gasteiger charge is 2.05. The summed E-state index contributed by atoms with van der Waals surface area (Å²) < 4.78 is 10.6. The van der Waals surface area contributed by atoms with Gasteiger partial charge in [-0.25, -0.2) is 4.99 Å². The second-order valence-electron chi connectivity index (χ2n) is 6.19. The lowest BCUT2D eigenvalue weighted by atomic mass is 10.1. The van der Waals surface area contributed by atoms with Crippen molar-refractivity contribution in [3.8, 4) is 17.2 Å². The number of aryl methyl sites for hydroxylation is 1. The zero-order chi connectivity index (χ0) is 19.6. The molecule has 0 aliphatic rings. The molecule has 3 N–H and O–H groups in total. The van der Waals surface area contributed by atoms with Gasteiger partial charge in [0.1, 0.15) is 5.75 Å². The fourth-order valence-electron chi connectivity index (χ4n) is 2.69. The first-order chi connectivity index (χ1) is 13.1. The molecule has 2 aromatic carbocycles. The third kappa shape index (κ3) is 7.10. The van der Waals surface area contributed by atoms with Crippen molar-refractivity contribution in [2.75, 3.05) is 27.3 Å². The fourth-order valence-corrected chi connectivity index (χ4v) is 2.69. The topological polar surface area (TPSA) is 75.1 Å². The van der Waals surface area contributed by atoms with E-state index >= 15 is 0 Å². The van der Waals surface area contributed by atoms with E-state index in [0.29, 0.717) is 18.8 Å². The number of hydrogen-bond acceptors (Lipinski definition) is 4. The summed E-state index contributed by atoms with van der Waals surface area (Å²) in [6.45, 7) is 6.11. The first kappa shape index (κ1) is 23.9. The molecule has 28 heavy (non-hydrogen) atoms. The Balaban J connectivity index is 0.00000392. The lowest BCUT2D eigenvalue weighted by molar-refractivity contribution is 0.373. The van der Waals surface area contributed by atoms with E-state index < -0.39 is 0 Å². The molecule has 0 fully saturated rings. The van der Waals surface area contributed by atoms with Crippen LogP contribution in [-0.2, 0) is 13.0 Å². The molecule has 0 aromatic heterocycles. The highest BCUT2D eigenvalue weighted by atomic mass is 127. The minimum atomic E-state index is 0. The van der Waals surface area contributed by atoms with E-state index in [4.69, 9.17) is 9.47 Å². The highest BCUT2D eigenvalue weighted by molar-refractivity contribution is 14.0. The van der Waals surface area contributed by atoms with E-state index in [0.717, 1.165) is 41.4 Å². The summed E-state index contributed by atoms with van der Waals surface area (Å²) in [4.78, 5) is 4.65. The summed E-state index contributed by atoms with van der Waals surface area (Å²) in [7, 11) is 3.23. The fraction of sp³-hybridized carbons (Fsp3) is 0.381. The van der Waals surface area contributed by atoms with Crippen molar-refractivity contribution in [2.24, 2.45) is 4.99 Å². The Kier molecular flexibility index (Phi) is 10.5. The zero-order valence-corrected chi connectivity index (χ0v) is 19.2. The number of nitrogens with zero attached hydrogens (tertiary/aromatic N) is 1. The molecular weight excluding hydrogens is 469 g/mol. The Morgan fingerprint density at radius 3 is 2.46 bits per heavy atom. The number of halogens is 1. The van der Waals surface area contributed by atoms with Crippen LogP contribution < -0.4 is 20.1 Å². The lowest BCUT2D eigenvalue weighted by Gasteiger charge is -2.13. The Morgan fingerprint density at radius 1 is 1.04 bits per heavy atom. The molecular formula is C21H30IN3O3. The van der Waals surface area contributed by atoms with Crippen molar-refractivity contribution in [3.63, 3.8) is 0 Å². The van der Waals surface area contributed by atoms with Gasteiger partial charge in [0.15, 0.2) is 17.5 Å². The largest absolute Gasteiger partial charge is 0.504 e. The molecule has 0 atom stereocenters. The van der Waals surface area contributed by atoms with Gasteiger partial charge in [-0.1, -0.05) is 18.2 Å². The van der Waals surface area contributed by atoms with Crippen LogP contribution in [0.1, 0.15) is 23.6 Å². The predicted molar refractivity (Wildman–Crippen MR) is 124 cm³/mol. The molecule has 0 heterocycles. The van der Waals surface area contributed by atoms with E-state index in [2.05, 4.69) is 21.7 Å². The summed E-state index contributed by atoms with van der Waals surface area (Å²) in [5.41, 5.74) is 3.28. The Labute approximate surface area is 184 Å². The first-order valence-corrected chi connectivity index (χ1v) is 9.09. The number of nitrogens with one attached hydrogen (secondary N) is 2. The average Bonchev–Trinajstić information content (AvgIpc) is 2.67. The van der Waals surface area contributed by atoms with Crippen LogP contribution in [0.5, 0.6) is 17.2 Å². The van der Waals surface area contributed by atoms with Gasteiger partial charge >= 0.3 is 0 Å². The lowest BCUT2D eigenvalue weighted by Crippen LogP contribution is -2.38. The number of methoxy groups -OCH3 is 2. The van der Waals surface area contributed by atoms with E-state index in [1.165, 1.54) is 0 Å². The molecule has 2 aromatic rings. The van der Waals surface area contributed by atoms with Gasteiger partial charge in [0.05, 0.1) is 20.8 Å². The third-order valence-corrected chi connectivity index (χ3v) is 4.14. The minimum Gasteiger partial charge on any atom is -0.504 e. The SMILES string of the molecule is CCNC(=NCc1ccc(C)cc1OC)NCCc1ccc(O)c(OC)c1.I. The van der Waals surface area contributed by atoms with Crippen LogP contribution in [0.4, 0.5) is 0 Å². The maximum absolute atomic E-state index is 9.68. The number of guanidine groups is 1. The van der Waals surface area contributed by atoms with Crippen LogP contribution in [0.2, 0.25) is 0 Å². The van der Waals surface area contributed by atoms with Crippen LogP contribution >= 0.6 is 24.0 Å². The molecule has 7 heteroatoms. The third-order valence-electron chi connectivity index (χ3n) is 4.14. The molecule has 6 nitrogen and oxygen atoms in total. The molecule has 0 bridgehead atoms. The van der Waals surface area contributed by atoms with Gasteiger partial charge in [-0.05, 0) is 49.6 Å². The normalized spacial score (nSPS) is 10.8. The van der Waals surface area contributed by atoms with Crippen molar-refractivity contribution < 1.29 is 14.6 Å². The predicted octanol–water partition coefficient (Wildman–Crippen LogP) is 3.63. The number of aromatic hydroxyl groups is 1. The number of phenols is 1. The van der Waals surface area contributed by atoms with Gasteiger partial charge in [-0.3, -0.25) is 0 Å². The number of rotatable bonds is 8. The van der Waals surface area contributed by atoms with Crippen molar-refractivity contribution in [1.29, 1.82) is 0 Å². The quantitative estimate of drug-likeness (QED) is 0.294. The van der Waals surface area contributed by atoms with Gasteiger partial charge in [-0.2, -0.15) is 0 Å². The number of ether oxygens (including phenoxy) is 2. The average molecular weight is 499 g/mol. The van der Waals surface area contributed by atoms with Crippen LogP contribution in [0, 0.1) is 6.92 Å². The first-order valence-electron chi connectivity index (χ1n) is 9.09. The summed E-state index contributed by atoms with van der Waals surface area (Å²) >= 11 is 0. The van der Waals surface area contributed by atoms with Crippen molar-refractivity contribution in [3.05, 3.63) is 53.1 Å². The van der Waals surface area contributed by atoms with Gasteiger partial charge in [-0.15, -0.1) is 24.0 Å². The molecule has 0 saturated heterocycles. The molecule has 0 radical (unpaired) electrons. The Morgan fingerprint density at radius 2 is 1.79 bits per heavy atom. The van der Waals surface area contributed by atoms with Gasteiger partial charge in [0.2, 0.25) is 0 Å². The second-order valence-corrected chi connectivity index (χ2v) is 6.19. The molecule has 0 aliphatic carbocycles. The molecule has 154 valence electrons. The van der Waals surface area contributed by atoms with Crippen LogP contribution in [0.15, 0.2) is 41.4 Å². The molecule has 0 aliphatic heterocycles. The van der Waals surface area contributed by atoms with E-state index in [9.17, 15) is 5.11 Å². The number of aliphatic imine (C=N–C) groups is 1. The number of benzene rings is 2. The van der Waals surface area contributed by atoms with E-state index in [1.807, 2.05) is 38.1 Å². The summed E-state index contributed by atoms with van der Waals surface area (Å²) in [6.07, 6.45) is 0.787. The molecule has 2 rings (SSSR count). The minimum absolute atomic E-state index is 0. The standard InChI is InChI=1S/C21H29N3O3.HI/c1-5-22-21(24-14-17-8-6-15(2)12-19(17)26-3)23-11-10-16-7-9-18(25)20(13-16)27-4;/h6-9,12-13,25H,5,10-11,14H2,1-4H3,(H2,22,23,24);1H. The maximum Gasteiger partial charge on any atom is 0.191 e. The van der Waals surface area contributed by atoms with Crippen LogP contribution in [0.3, 0.4) is 0 Å². The highest BCUT2D eigenvalue weighted by Crippen LogP contribution is 2.26. The number of phenolic OH excluding ortho intramolecular Hbond substituents is 1. The molecule has 0 saturated carbocycles. The second kappa shape index (κ2) is 12.3. The Bertz CT molecular complexity index is 781. The number of hydrogen-bond donors (Lipinski definition) is 3. The molecule has 0 unspecified atom stereocenters. The summed E-state index contributed by atoms with van der Waals surface area (Å²) in [5.74, 6) is 2.24. The van der Waals surface area contributed by atoms with Crippen molar-refractivity contribution >= 4 is 29.9 Å². The molecule has 0 amide bonds. The summed E-state index contributed by atoms with van der Waals surface area (Å²) in [6, 6.07) is 11.5. The molecule has 0 spiro atoms. The van der Waals surface area contributed by atoms with Crippen LogP contribution in [0.25, 0.3) is 0 Å². The van der Waals surface area contributed by atoms with Crippen LogP contribution in [-0.4, -0.2) is 38.4 Å². The van der Waals surface area contributed by atoms with Gasteiger partial charge in [0.25, 0.3) is 0 Å². The van der Waals surface area contributed by atoms with Crippen molar-refractivity contribution in [2.45, 2.75) is 26.8 Å². The van der Waals surface area contributed by atoms with Gasteiger partial charge in [0, 0.05) is 18.7 Å². The zero-order valence-electron chi connectivity index (χ0n) is 16.9. The maximum atomic E-state index is 9.68. The Hall–Kier alpha value is -2.16. The van der Waals surface area contributed by atoms with E-state index in [1.54, 1.807) is 20.3 Å². The van der Waals surface area contributed by atoms with Crippen molar-refractivity contribution in [1.82, 2.24) is 10.6 Å². The van der Waals surface area contributed by atoms with E-state index in [-0.39, 0.29) is 29.7 Å². The smallest absolute Gasteiger partial charge is 0.191 e.